The first-order valence-electron chi connectivity index (χ1n) is 47.4. The molecule has 18 rings (SSSR count). The van der Waals surface area contributed by atoms with Crippen LogP contribution in [0.15, 0.2) is 474 Å². The summed E-state index contributed by atoms with van der Waals surface area (Å²) >= 11 is 0. The van der Waals surface area contributed by atoms with Gasteiger partial charge in [0.25, 0.3) is 0 Å². The van der Waals surface area contributed by atoms with E-state index in [1.807, 2.05) is 222 Å². The third-order valence-corrected chi connectivity index (χ3v) is 17.9. The summed E-state index contributed by atoms with van der Waals surface area (Å²) in [4.78, 5) is 28.1. The molecule has 135 heavy (non-hydrogen) atoms. The van der Waals surface area contributed by atoms with Gasteiger partial charge in [0, 0.05) is 48.3 Å². The molecule has 0 saturated heterocycles. The van der Waals surface area contributed by atoms with Gasteiger partial charge in [-0.25, -0.2) is 34.9 Å². The van der Waals surface area contributed by atoms with E-state index in [2.05, 4.69) is 423 Å². The van der Waals surface area contributed by atoms with Crippen molar-refractivity contribution in [3.8, 4) is 22.8 Å². The molecule has 0 atom stereocenters. The molecular weight excluding hydrogens is 1640 g/mol. The first kappa shape index (κ1) is 121. The fourth-order valence-corrected chi connectivity index (χ4v) is 10.8. The van der Waals surface area contributed by atoms with Crippen molar-refractivity contribution in [3.63, 3.8) is 0 Å². The zero-order chi connectivity index (χ0) is 100. The maximum atomic E-state index is 4.55. The Morgan fingerprint density at radius 2 is 0.326 bits per heavy atom. The Labute approximate surface area is 817 Å². The van der Waals surface area contributed by atoms with Crippen LogP contribution in [0.4, 0.5) is 0 Å². The lowest BCUT2D eigenvalue weighted by Crippen LogP contribution is -2.10. The number of hydrogen-bond donors (Lipinski definition) is 0. The molecule has 0 spiro atoms. The van der Waals surface area contributed by atoms with Gasteiger partial charge in [0.1, 0.15) is 18.5 Å². The van der Waals surface area contributed by atoms with Gasteiger partial charge in [0.05, 0.1) is 0 Å². The van der Waals surface area contributed by atoms with E-state index in [4.69, 9.17) is 0 Å². The molecular formula is C126H159N9. The number of hydrogen-bond acceptors (Lipinski definition) is 9. The van der Waals surface area contributed by atoms with Gasteiger partial charge in [-0.3, -0.25) is 0 Å². The fraction of sp³-hybridized carbons (Fsp3) is 0.246. The zero-order valence-corrected chi connectivity index (χ0v) is 86.6. The molecule has 4 heterocycles. The molecule has 9 nitrogen and oxygen atoms in total. The Morgan fingerprint density at radius 3 is 0.444 bits per heavy atom. The molecule has 14 aromatic carbocycles. The molecule has 708 valence electrons. The SMILES string of the molecule is CC.CC.CC.CC.CC.CC(C)(C)c1ccccc1.CC(C)(C)c1ccccc1.CC(C)(C)c1ccccc1.CC(C)(C)c1ccccc1.Cc1ccccc1.Cc1ccccc1.Cc1ccccc1.Cc1ccccc1.Cc1nc(-c2ccccc2)nc(-c2ccccc2)n1.c1ccc2ccccc2c1.c1ccc2ccccc2c1.c1ccnnc1.c1cncnc1.c1cncnc1. The maximum Gasteiger partial charge on any atom is 0.163 e. The molecule has 0 aliphatic carbocycles. The Hall–Kier alpha value is -14.2. The molecule has 0 N–H and O–H groups in total. The molecule has 9 heteroatoms. The van der Waals surface area contributed by atoms with Gasteiger partial charge in [0.15, 0.2) is 11.6 Å². The summed E-state index contributed by atoms with van der Waals surface area (Å²) in [6.07, 6.45) is 13.0. The molecule has 18 aromatic rings. The van der Waals surface area contributed by atoms with Gasteiger partial charge in [-0.05, 0) is 124 Å². The highest BCUT2D eigenvalue weighted by molar-refractivity contribution is 5.82. The standard InChI is InChI=1S/C16H13N3.2C10H8.4C10H14.4C7H8.3C4H4N2.5C2H6/c1-12-17-15(13-8-4-2-5-9-13)19-16(18-12)14-10-6-3-7-11-14;2*1-2-6-10-8-4-3-7-9(10)5-1;4*1-10(2,3)9-7-5-4-6-8-9;4*1-7-5-3-2-4-6-7;2*1-2-5-4-6-3-1;1-2-4-6-5-3-1;5*1-2/h2-11H,1H3;2*1-8H;4*4-8H,1-3H3;4*2-6H,1H3;3*1-4H;5*1-2H3. The van der Waals surface area contributed by atoms with Gasteiger partial charge >= 0.3 is 0 Å². The van der Waals surface area contributed by atoms with E-state index >= 15 is 0 Å². The van der Waals surface area contributed by atoms with Crippen LogP contribution >= 0.6 is 0 Å². The summed E-state index contributed by atoms with van der Waals surface area (Å²) < 4.78 is 0. The van der Waals surface area contributed by atoms with E-state index in [1.165, 1.54) is 78.7 Å². The lowest BCUT2D eigenvalue weighted by molar-refractivity contribution is 0.590. The number of benzene rings is 14. The predicted octanol–water partition coefficient (Wildman–Crippen LogP) is 35.7. The minimum atomic E-state index is 0.293. The van der Waals surface area contributed by atoms with Crippen molar-refractivity contribution in [1.82, 2.24) is 45.1 Å². The van der Waals surface area contributed by atoms with Crippen molar-refractivity contribution in [2.45, 2.75) is 209 Å². The minimum Gasteiger partial charge on any atom is -0.245 e. The monoisotopic (exact) mass is 1800 g/mol. The van der Waals surface area contributed by atoms with Crippen LogP contribution in [0.1, 0.15) is 203 Å². The second-order valence-electron chi connectivity index (χ2n) is 32.8. The lowest BCUT2D eigenvalue weighted by Gasteiger charge is -2.18. The summed E-state index contributed by atoms with van der Waals surface area (Å²) in [6, 6.07) is 144. The molecule has 0 aliphatic heterocycles. The summed E-state index contributed by atoms with van der Waals surface area (Å²) in [6.45, 7) is 56.9. The van der Waals surface area contributed by atoms with Gasteiger partial charge in [-0.15, -0.1) is 0 Å². The Morgan fingerprint density at radius 1 is 0.163 bits per heavy atom. The van der Waals surface area contributed by atoms with Gasteiger partial charge in [-0.2, -0.15) is 10.2 Å². The molecule has 0 unspecified atom stereocenters. The van der Waals surface area contributed by atoms with E-state index in [0.717, 1.165) is 17.0 Å². The topological polar surface area (TPSA) is 116 Å². The number of nitrogens with zero attached hydrogens (tertiary/aromatic N) is 9. The largest absolute Gasteiger partial charge is 0.245 e. The van der Waals surface area contributed by atoms with Crippen LogP contribution in [-0.2, 0) is 21.7 Å². The molecule has 0 amide bonds. The first-order valence-corrected chi connectivity index (χ1v) is 47.4. The average Bonchev–Trinajstić information content (AvgIpc) is 0.822. The van der Waals surface area contributed by atoms with E-state index in [0.29, 0.717) is 33.3 Å². The van der Waals surface area contributed by atoms with Crippen molar-refractivity contribution in [2.24, 2.45) is 0 Å². The van der Waals surface area contributed by atoms with Crippen molar-refractivity contribution in [1.29, 1.82) is 0 Å². The third kappa shape index (κ3) is 62.0. The van der Waals surface area contributed by atoms with Crippen LogP contribution < -0.4 is 0 Å². The van der Waals surface area contributed by atoms with Crippen molar-refractivity contribution >= 4 is 21.5 Å². The molecule has 4 aromatic heterocycles. The van der Waals surface area contributed by atoms with Crippen LogP contribution in [0.2, 0.25) is 0 Å². The van der Waals surface area contributed by atoms with Crippen LogP contribution in [0.25, 0.3) is 44.3 Å². The highest BCUT2D eigenvalue weighted by Gasteiger charge is 2.14. The number of aryl methyl sites for hydroxylation is 5. The predicted molar refractivity (Wildman–Crippen MR) is 591 cm³/mol. The highest BCUT2D eigenvalue weighted by atomic mass is 15.1. The van der Waals surface area contributed by atoms with Gasteiger partial charge in [-0.1, -0.05) is 575 Å². The summed E-state index contributed by atoms with van der Waals surface area (Å²) in [5.41, 5.74) is 14.1. The van der Waals surface area contributed by atoms with E-state index in [9.17, 15) is 0 Å². The lowest BCUT2D eigenvalue weighted by atomic mass is 9.87. The van der Waals surface area contributed by atoms with Crippen molar-refractivity contribution in [3.05, 3.63) is 525 Å². The Kier molecular flexibility index (Phi) is 69.3. The average molecular weight is 1800 g/mol. The minimum absolute atomic E-state index is 0.293. The highest BCUT2D eigenvalue weighted by Crippen LogP contribution is 2.25. The van der Waals surface area contributed by atoms with Crippen molar-refractivity contribution in [2.75, 3.05) is 0 Å². The zero-order valence-electron chi connectivity index (χ0n) is 86.6. The van der Waals surface area contributed by atoms with E-state index in [-0.39, 0.29) is 0 Å². The molecule has 0 fully saturated rings. The van der Waals surface area contributed by atoms with Crippen LogP contribution in [0, 0.1) is 34.6 Å². The molecule has 0 saturated carbocycles. The normalized spacial score (nSPS) is 9.44. The Bertz CT molecular complexity index is 4810. The number of aromatic nitrogens is 9. The van der Waals surface area contributed by atoms with Crippen LogP contribution in [0.5, 0.6) is 0 Å². The maximum absolute atomic E-state index is 4.55. The smallest absolute Gasteiger partial charge is 0.163 e. The van der Waals surface area contributed by atoms with Crippen LogP contribution in [-0.4, -0.2) is 45.1 Å². The first-order chi connectivity index (χ1) is 65.3. The Balaban J connectivity index is 0.00000144. The third-order valence-electron chi connectivity index (χ3n) is 17.9. The van der Waals surface area contributed by atoms with Crippen LogP contribution in [0.3, 0.4) is 0 Å². The second-order valence-corrected chi connectivity index (χ2v) is 32.8. The fourth-order valence-electron chi connectivity index (χ4n) is 10.8. The molecule has 0 aliphatic rings. The molecule has 0 radical (unpaired) electrons. The second kappa shape index (κ2) is 77.4. The molecule has 0 bridgehead atoms. The van der Waals surface area contributed by atoms with Gasteiger partial charge in [0.2, 0.25) is 0 Å². The summed E-state index contributed by atoms with van der Waals surface area (Å²) in [5.74, 6) is 2.16. The van der Waals surface area contributed by atoms with Crippen molar-refractivity contribution < 1.29 is 0 Å². The summed E-state index contributed by atoms with van der Waals surface area (Å²) in [7, 11) is 0. The quantitative estimate of drug-likeness (QED) is 0.167. The number of fused-ring (bicyclic) bond motifs is 2. The van der Waals surface area contributed by atoms with Gasteiger partial charge < -0.3 is 0 Å². The van der Waals surface area contributed by atoms with E-state index < -0.39 is 0 Å². The number of rotatable bonds is 2. The van der Waals surface area contributed by atoms with E-state index in [1.54, 1.807) is 49.3 Å². The summed E-state index contributed by atoms with van der Waals surface area (Å²) in [5, 5.41) is 12.3.